The Morgan fingerprint density at radius 3 is 2.53 bits per heavy atom. The van der Waals surface area contributed by atoms with Crippen molar-refractivity contribution in [3.05, 3.63) is 80.8 Å². The minimum atomic E-state index is -0.935. The first-order chi connectivity index (χ1) is 22.6. The van der Waals surface area contributed by atoms with Crippen LogP contribution in [0.15, 0.2) is 53.0 Å². The third kappa shape index (κ3) is 6.23. The molecule has 1 saturated carbocycles. The highest BCUT2D eigenvalue weighted by atomic mass is 79.9. The lowest BCUT2D eigenvalue weighted by atomic mass is 9.77. The second-order valence-corrected chi connectivity index (χ2v) is 13.4. The zero-order valence-electron chi connectivity index (χ0n) is 26.6. The first kappa shape index (κ1) is 32.6. The van der Waals surface area contributed by atoms with Crippen molar-refractivity contribution < 1.29 is 29.0 Å². The van der Waals surface area contributed by atoms with Crippen molar-refractivity contribution in [3.63, 3.8) is 0 Å². The van der Waals surface area contributed by atoms with Crippen molar-refractivity contribution in [2.24, 2.45) is 17.7 Å². The summed E-state index contributed by atoms with van der Waals surface area (Å²) in [7, 11) is 3.23. The van der Waals surface area contributed by atoms with Gasteiger partial charge in [-0.3, -0.25) is 14.4 Å². The summed E-state index contributed by atoms with van der Waals surface area (Å²) < 4.78 is 12.9. The topological polar surface area (TPSA) is 152 Å². The fourth-order valence-corrected chi connectivity index (χ4v) is 7.98. The predicted octanol–water partition coefficient (Wildman–Crippen LogP) is 4.90. The molecule has 2 amide bonds. The highest BCUT2D eigenvalue weighted by Crippen LogP contribution is 2.44. The van der Waals surface area contributed by atoms with E-state index < -0.39 is 23.8 Å². The molecule has 248 valence electrons. The SMILES string of the molecule is COc1cc(COc2ccc(Br)c3c2C(CN2Cc4ccccc4C2=O)N(C(=O)C2CCCCC2C(=O)O)CC3)cc(N)c1N(C)N. The number of hydrogen-bond acceptors (Lipinski definition) is 8. The Labute approximate surface area is 282 Å². The maximum Gasteiger partial charge on any atom is 0.307 e. The van der Waals surface area contributed by atoms with Crippen LogP contribution in [0.1, 0.15) is 64.3 Å². The predicted molar refractivity (Wildman–Crippen MR) is 181 cm³/mol. The van der Waals surface area contributed by atoms with E-state index in [1.165, 1.54) is 5.01 Å². The second-order valence-electron chi connectivity index (χ2n) is 12.5. The minimum absolute atomic E-state index is 0.0915. The molecular weight excluding hydrogens is 666 g/mol. The molecule has 47 heavy (non-hydrogen) atoms. The molecule has 3 aliphatic rings. The van der Waals surface area contributed by atoms with Crippen molar-refractivity contribution in [2.75, 3.05) is 38.0 Å². The van der Waals surface area contributed by atoms with Gasteiger partial charge in [-0.15, -0.1) is 0 Å². The molecule has 0 spiro atoms. The standard InChI is InChI=1S/C35H40BrN5O6/c1-39(38)32-27(37)15-20(16-30(32)46-2)19-47-29-12-11-26(36)25-13-14-41(34(43)23-9-5-6-10-24(23)35(44)45)28(31(25)29)18-40-17-21-7-3-4-8-22(21)33(40)42/h3-4,7-8,11-12,15-16,23-24,28H,5-6,9-10,13-14,17-19,37-38H2,1-2H3,(H,44,45). The Hall–Kier alpha value is -4.29. The molecule has 11 nitrogen and oxygen atoms in total. The molecule has 0 radical (unpaired) electrons. The van der Waals surface area contributed by atoms with Crippen LogP contribution in [0.3, 0.4) is 0 Å². The van der Waals surface area contributed by atoms with Crippen molar-refractivity contribution >= 4 is 45.1 Å². The summed E-state index contributed by atoms with van der Waals surface area (Å²) in [5, 5.41) is 11.4. The van der Waals surface area contributed by atoms with Gasteiger partial charge in [-0.05, 0) is 66.3 Å². The van der Waals surface area contributed by atoms with Crippen LogP contribution >= 0.6 is 15.9 Å². The molecule has 1 aliphatic carbocycles. The average Bonchev–Trinajstić information content (AvgIpc) is 3.38. The van der Waals surface area contributed by atoms with Gasteiger partial charge in [0.2, 0.25) is 5.91 Å². The molecule has 2 aliphatic heterocycles. The molecule has 0 saturated heterocycles. The smallest absolute Gasteiger partial charge is 0.307 e. The van der Waals surface area contributed by atoms with Crippen LogP contribution in [0, 0.1) is 11.8 Å². The Morgan fingerprint density at radius 2 is 1.83 bits per heavy atom. The summed E-state index contributed by atoms with van der Waals surface area (Å²) in [6, 6.07) is 14.4. The lowest BCUT2D eigenvalue weighted by molar-refractivity contribution is -0.153. The monoisotopic (exact) mass is 705 g/mol. The molecule has 3 atom stereocenters. The van der Waals surface area contributed by atoms with Gasteiger partial charge in [0.1, 0.15) is 23.8 Å². The molecule has 2 heterocycles. The number of ether oxygens (including phenoxy) is 2. The minimum Gasteiger partial charge on any atom is -0.494 e. The Bertz CT molecular complexity index is 1710. The van der Waals surface area contributed by atoms with E-state index in [9.17, 15) is 19.5 Å². The number of aliphatic carboxylic acids is 1. The number of nitrogens with zero attached hydrogens (tertiary/aromatic N) is 3. The van der Waals surface area contributed by atoms with E-state index in [0.717, 1.165) is 39.6 Å². The van der Waals surface area contributed by atoms with Gasteiger partial charge in [0.25, 0.3) is 5.91 Å². The largest absolute Gasteiger partial charge is 0.494 e. The van der Waals surface area contributed by atoms with E-state index in [-0.39, 0.29) is 25.0 Å². The number of methoxy groups -OCH3 is 1. The van der Waals surface area contributed by atoms with Crippen molar-refractivity contribution in [2.45, 2.75) is 51.3 Å². The molecule has 3 unspecified atom stereocenters. The van der Waals surface area contributed by atoms with E-state index in [4.69, 9.17) is 21.1 Å². The van der Waals surface area contributed by atoms with E-state index in [1.807, 2.05) is 42.5 Å². The number of hydrazine groups is 1. The van der Waals surface area contributed by atoms with Crippen molar-refractivity contribution in [1.82, 2.24) is 9.80 Å². The van der Waals surface area contributed by atoms with Gasteiger partial charge < -0.3 is 35.1 Å². The number of rotatable bonds is 9. The third-order valence-corrected chi connectivity index (χ3v) is 10.4. The third-order valence-electron chi connectivity index (χ3n) is 9.68. The van der Waals surface area contributed by atoms with Crippen LogP contribution in [-0.2, 0) is 29.2 Å². The van der Waals surface area contributed by atoms with Gasteiger partial charge in [0.05, 0.1) is 30.7 Å². The quantitative estimate of drug-likeness (QED) is 0.160. The van der Waals surface area contributed by atoms with Gasteiger partial charge in [-0.25, -0.2) is 5.84 Å². The molecule has 0 bridgehead atoms. The van der Waals surface area contributed by atoms with Gasteiger partial charge >= 0.3 is 5.97 Å². The lowest BCUT2D eigenvalue weighted by Crippen LogP contribution is -2.50. The maximum atomic E-state index is 14.4. The first-order valence-corrected chi connectivity index (χ1v) is 16.7. The van der Waals surface area contributed by atoms with Gasteiger partial charge in [-0.2, -0.15) is 0 Å². The van der Waals surface area contributed by atoms with Gasteiger partial charge in [0, 0.05) is 42.3 Å². The highest BCUT2D eigenvalue weighted by molar-refractivity contribution is 9.10. The van der Waals surface area contributed by atoms with Crippen LogP contribution in [0.2, 0.25) is 0 Å². The zero-order chi connectivity index (χ0) is 33.4. The number of amides is 2. The molecule has 1 fully saturated rings. The Morgan fingerprint density at radius 1 is 1.09 bits per heavy atom. The first-order valence-electron chi connectivity index (χ1n) is 15.9. The number of benzene rings is 3. The summed E-state index contributed by atoms with van der Waals surface area (Å²) in [5.41, 5.74) is 11.5. The highest BCUT2D eigenvalue weighted by Gasteiger charge is 2.44. The summed E-state index contributed by atoms with van der Waals surface area (Å²) in [6.45, 7) is 1.22. The second kappa shape index (κ2) is 13.4. The average molecular weight is 707 g/mol. The molecule has 5 N–H and O–H groups in total. The van der Waals surface area contributed by atoms with Crippen LogP contribution < -0.4 is 26.1 Å². The maximum absolute atomic E-state index is 14.4. The van der Waals surface area contributed by atoms with Crippen molar-refractivity contribution in [3.8, 4) is 11.5 Å². The van der Waals surface area contributed by atoms with E-state index in [0.29, 0.717) is 60.8 Å². The zero-order valence-corrected chi connectivity index (χ0v) is 28.2. The Kier molecular flexibility index (Phi) is 9.34. The molecule has 0 aromatic heterocycles. The number of fused-ring (bicyclic) bond motifs is 2. The van der Waals surface area contributed by atoms with Crippen LogP contribution in [0.4, 0.5) is 11.4 Å². The van der Waals surface area contributed by atoms with Gasteiger partial charge in [0.15, 0.2) is 0 Å². The fraction of sp³-hybridized carbons (Fsp3) is 0.400. The number of carbonyl (C=O) groups is 3. The summed E-state index contributed by atoms with van der Waals surface area (Å²) in [6.07, 6.45) is 3.15. The molecule has 12 heteroatoms. The van der Waals surface area contributed by atoms with Crippen LogP contribution in [0.5, 0.6) is 11.5 Å². The van der Waals surface area contributed by atoms with E-state index in [2.05, 4.69) is 15.9 Å². The fourth-order valence-electron chi connectivity index (χ4n) is 7.43. The summed E-state index contributed by atoms with van der Waals surface area (Å²) in [5.74, 6) is 4.50. The van der Waals surface area contributed by atoms with Crippen LogP contribution in [0.25, 0.3) is 0 Å². The van der Waals surface area contributed by atoms with Crippen LogP contribution in [-0.4, -0.2) is 59.9 Å². The molecular formula is C35H40BrN5O6. The summed E-state index contributed by atoms with van der Waals surface area (Å²) >= 11 is 3.73. The number of nitrogens with two attached hydrogens (primary N) is 2. The number of carboxylic acid groups (broad SMARTS) is 1. The van der Waals surface area contributed by atoms with Gasteiger partial charge in [-0.1, -0.05) is 47.0 Å². The number of anilines is 2. The molecule has 6 rings (SSSR count). The Balaban J connectivity index is 1.38. The number of nitrogen functional groups attached to an aromatic ring is 1. The summed E-state index contributed by atoms with van der Waals surface area (Å²) in [4.78, 5) is 43.8. The lowest BCUT2D eigenvalue weighted by Gasteiger charge is -2.43. The van der Waals surface area contributed by atoms with E-state index in [1.54, 1.807) is 30.0 Å². The normalized spacial score (nSPS) is 20.4. The number of halogens is 1. The molecule has 3 aromatic rings. The number of hydrogen-bond donors (Lipinski definition) is 3. The number of carboxylic acids is 1. The number of carbonyl (C=O) groups excluding carboxylic acids is 2. The molecule has 3 aromatic carbocycles. The van der Waals surface area contributed by atoms with Crippen molar-refractivity contribution in [1.29, 1.82) is 0 Å². The van der Waals surface area contributed by atoms with E-state index >= 15 is 0 Å².